The Bertz CT molecular complexity index is 664. The van der Waals surface area contributed by atoms with Crippen LogP contribution in [0.4, 0.5) is 4.39 Å². The van der Waals surface area contributed by atoms with Gasteiger partial charge in [-0.05, 0) is 43.5 Å². The first-order chi connectivity index (χ1) is 10.6. The summed E-state index contributed by atoms with van der Waals surface area (Å²) in [4.78, 5) is 16.1. The fourth-order valence-corrected chi connectivity index (χ4v) is 2.33. The first-order valence-corrected chi connectivity index (χ1v) is 7.22. The van der Waals surface area contributed by atoms with E-state index in [9.17, 15) is 9.18 Å². The van der Waals surface area contributed by atoms with Crippen LogP contribution in [0.5, 0.6) is 0 Å². The van der Waals surface area contributed by atoms with Crippen molar-refractivity contribution in [2.45, 2.75) is 31.2 Å². The molecule has 1 fully saturated rings. The number of hydrogen-bond donors (Lipinski definition) is 2. The number of nitrogens with zero attached hydrogens (tertiary/aromatic N) is 2. The first kappa shape index (κ1) is 14.6. The van der Waals surface area contributed by atoms with Gasteiger partial charge in [-0.2, -0.15) is 4.98 Å². The van der Waals surface area contributed by atoms with E-state index >= 15 is 0 Å². The molecule has 22 heavy (non-hydrogen) atoms. The Morgan fingerprint density at radius 3 is 2.73 bits per heavy atom. The lowest BCUT2D eigenvalue weighted by Gasteiger charge is -2.34. The SMILES string of the molecule is NC1(c2noc(CCNC(=O)c3ccc(F)cc3)n2)CCC1. The summed E-state index contributed by atoms with van der Waals surface area (Å²) < 4.78 is 17.9. The number of nitrogens with two attached hydrogens (primary N) is 1. The van der Waals surface area contributed by atoms with Crippen molar-refractivity contribution in [2.75, 3.05) is 6.54 Å². The summed E-state index contributed by atoms with van der Waals surface area (Å²) in [5, 5.41) is 6.63. The second kappa shape index (κ2) is 5.84. The van der Waals surface area contributed by atoms with E-state index in [0.29, 0.717) is 30.2 Å². The van der Waals surface area contributed by atoms with E-state index in [1.165, 1.54) is 24.3 Å². The average Bonchev–Trinajstić information content (AvgIpc) is 2.94. The van der Waals surface area contributed by atoms with Crippen molar-refractivity contribution in [1.82, 2.24) is 15.5 Å². The van der Waals surface area contributed by atoms with Gasteiger partial charge in [0.05, 0.1) is 5.54 Å². The number of carbonyl (C=O) groups excluding carboxylic acids is 1. The van der Waals surface area contributed by atoms with Crippen LogP contribution in [0.2, 0.25) is 0 Å². The highest BCUT2D eigenvalue weighted by molar-refractivity contribution is 5.94. The van der Waals surface area contributed by atoms with Gasteiger partial charge in [-0.15, -0.1) is 0 Å². The molecule has 1 heterocycles. The van der Waals surface area contributed by atoms with Gasteiger partial charge < -0.3 is 15.6 Å². The highest BCUT2D eigenvalue weighted by Crippen LogP contribution is 2.36. The number of carbonyl (C=O) groups is 1. The summed E-state index contributed by atoms with van der Waals surface area (Å²) in [6.07, 6.45) is 3.24. The number of amides is 1. The average molecular weight is 304 g/mol. The lowest BCUT2D eigenvalue weighted by atomic mass is 9.77. The van der Waals surface area contributed by atoms with Crippen molar-refractivity contribution in [1.29, 1.82) is 0 Å². The molecule has 0 bridgehead atoms. The molecule has 0 spiro atoms. The molecule has 7 heteroatoms. The Labute approximate surface area is 126 Å². The van der Waals surface area contributed by atoms with Crippen molar-refractivity contribution in [2.24, 2.45) is 5.73 Å². The van der Waals surface area contributed by atoms with Crippen LogP contribution in [0, 0.1) is 5.82 Å². The monoisotopic (exact) mass is 304 g/mol. The molecular formula is C15H17FN4O2. The molecule has 1 aromatic carbocycles. The minimum atomic E-state index is -0.445. The van der Waals surface area contributed by atoms with Crippen LogP contribution in [0.1, 0.15) is 41.3 Å². The maximum absolute atomic E-state index is 12.8. The highest BCUT2D eigenvalue weighted by atomic mass is 19.1. The zero-order valence-electron chi connectivity index (χ0n) is 12.0. The standard InChI is InChI=1S/C15H17FN4O2/c16-11-4-2-10(3-5-11)13(21)18-9-6-12-19-14(20-22-12)15(17)7-1-8-15/h2-5H,1,6-9,17H2,(H,18,21). The van der Waals surface area contributed by atoms with E-state index in [2.05, 4.69) is 15.5 Å². The molecule has 2 aromatic rings. The lowest BCUT2D eigenvalue weighted by molar-refractivity contribution is 0.0953. The zero-order valence-corrected chi connectivity index (χ0v) is 12.0. The van der Waals surface area contributed by atoms with Gasteiger partial charge in [0, 0.05) is 18.5 Å². The molecule has 0 atom stereocenters. The first-order valence-electron chi connectivity index (χ1n) is 7.22. The molecule has 1 saturated carbocycles. The minimum Gasteiger partial charge on any atom is -0.352 e. The Kier molecular flexibility index (Phi) is 3.89. The Hall–Kier alpha value is -2.28. The largest absolute Gasteiger partial charge is 0.352 e. The van der Waals surface area contributed by atoms with Gasteiger partial charge in [-0.25, -0.2) is 4.39 Å². The van der Waals surface area contributed by atoms with Crippen LogP contribution >= 0.6 is 0 Å². The minimum absolute atomic E-state index is 0.269. The second-order valence-corrected chi connectivity index (χ2v) is 5.53. The van der Waals surface area contributed by atoms with Crippen molar-refractivity contribution >= 4 is 5.91 Å². The van der Waals surface area contributed by atoms with Gasteiger partial charge in [-0.1, -0.05) is 5.16 Å². The van der Waals surface area contributed by atoms with Gasteiger partial charge in [-0.3, -0.25) is 4.79 Å². The predicted octanol–water partition coefficient (Wildman–Crippen LogP) is 1.52. The molecule has 3 rings (SSSR count). The number of halogens is 1. The van der Waals surface area contributed by atoms with E-state index in [0.717, 1.165) is 19.3 Å². The molecule has 1 aromatic heterocycles. The van der Waals surface area contributed by atoms with Crippen LogP contribution in [0.15, 0.2) is 28.8 Å². The number of nitrogens with one attached hydrogen (secondary N) is 1. The van der Waals surface area contributed by atoms with Crippen molar-refractivity contribution < 1.29 is 13.7 Å². The van der Waals surface area contributed by atoms with Crippen LogP contribution in [-0.4, -0.2) is 22.6 Å². The van der Waals surface area contributed by atoms with Crippen molar-refractivity contribution in [3.8, 4) is 0 Å². The molecule has 1 aliphatic carbocycles. The van der Waals surface area contributed by atoms with E-state index in [4.69, 9.17) is 10.3 Å². The van der Waals surface area contributed by atoms with Crippen LogP contribution < -0.4 is 11.1 Å². The van der Waals surface area contributed by atoms with Gasteiger partial charge in [0.15, 0.2) is 5.82 Å². The Morgan fingerprint density at radius 1 is 1.36 bits per heavy atom. The Balaban J connectivity index is 1.50. The van der Waals surface area contributed by atoms with Crippen LogP contribution in [-0.2, 0) is 12.0 Å². The summed E-state index contributed by atoms with van der Waals surface area (Å²) in [5.74, 6) is 0.348. The number of aromatic nitrogens is 2. The summed E-state index contributed by atoms with van der Waals surface area (Å²) in [6.45, 7) is 0.357. The Morgan fingerprint density at radius 2 is 2.09 bits per heavy atom. The molecular weight excluding hydrogens is 287 g/mol. The molecule has 116 valence electrons. The molecule has 0 aliphatic heterocycles. The number of rotatable bonds is 5. The van der Waals surface area contributed by atoms with Crippen LogP contribution in [0.3, 0.4) is 0 Å². The fourth-order valence-electron chi connectivity index (χ4n) is 2.33. The van der Waals surface area contributed by atoms with E-state index in [1.54, 1.807) is 0 Å². The van der Waals surface area contributed by atoms with Crippen molar-refractivity contribution in [3.63, 3.8) is 0 Å². The molecule has 0 radical (unpaired) electrons. The summed E-state index contributed by atoms with van der Waals surface area (Å²) in [5.41, 5.74) is 6.08. The molecule has 0 saturated heterocycles. The molecule has 3 N–H and O–H groups in total. The van der Waals surface area contributed by atoms with Gasteiger partial charge >= 0.3 is 0 Å². The van der Waals surface area contributed by atoms with Gasteiger partial charge in [0.2, 0.25) is 5.89 Å². The lowest BCUT2D eigenvalue weighted by Crippen LogP contribution is -2.44. The molecule has 1 aliphatic rings. The smallest absolute Gasteiger partial charge is 0.251 e. The maximum atomic E-state index is 12.8. The van der Waals surface area contributed by atoms with E-state index in [-0.39, 0.29) is 11.7 Å². The quantitative estimate of drug-likeness (QED) is 0.873. The molecule has 1 amide bonds. The van der Waals surface area contributed by atoms with Gasteiger partial charge in [0.25, 0.3) is 5.91 Å². The number of benzene rings is 1. The zero-order chi connectivity index (χ0) is 15.6. The van der Waals surface area contributed by atoms with Crippen LogP contribution in [0.25, 0.3) is 0 Å². The summed E-state index contributed by atoms with van der Waals surface area (Å²) in [7, 11) is 0. The topological polar surface area (TPSA) is 94.0 Å². The maximum Gasteiger partial charge on any atom is 0.251 e. The summed E-state index contributed by atoms with van der Waals surface area (Å²) >= 11 is 0. The van der Waals surface area contributed by atoms with E-state index in [1.807, 2.05) is 0 Å². The third-order valence-electron chi connectivity index (χ3n) is 3.89. The van der Waals surface area contributed by atoms with Gasteiger partial charge in [0.1, 0.15) is 5.82 Å². The fraction of sp³-hybridized carbons (Fsp3) is 0.400. The van der Waals surface area contributed by atoms with E-state index < -0.39 is 5.54 Å². The molecule has 6 nitrogen and oxygen atoms in total. The normalized spacial score (nSPS) is 16.1. The number of hydrogen-bond acceptors (Lipinski definition) is 5. The predicted molar refractivity (Wildman–Crippen MR) is 76.5 cm³/mol. The third kappa shape index (κ3) is 2.99. The van der Waals surface area contributed by atoms with Crippen molar-refractivity contribution in [3.05, 3.63) is 47.4 Å². The summed E-state index contributed by atoms with van der Waals surface area (Å²) in [6, 6.07) is 5.37. The highest BCUT2D eigenvalue weighted by Gasteiger charge is 2.38. The third-order valence-corrected chi connectivity index (χ3v) is 3.89. The second-order valence-electron chi connectivity index (χ2n) is 5.53. The molecule has 0 unspecified atom stereocenters.